The standard InChI is InChI=1S/C15H21NO3/c1-15(18)9-5-8-13(10-15)16-14(17)19-11-12-6-3-2-4-7-12/h2-4,6-7,13,18H,5,8-11H2,1H3,(H,16,17)/t13-,15+/m1/s1. The number of amides is 1. The van der Waals surface area contributed by atoms with Crippen LogP contribution in [-0.2, 0) is 11.3 Å². The van der Waals surface area contributed by atoms with E-state index in [4.69, 9.17) is 4.74 Å². The summed E-state index contributed by atoms with van der Waals surface area (Å²) in [6.45, 7) is 2.09. The highest BCUT2D eigenvalue weighted by Crippen LogP contribution is 2.27. The lowest BCUT2D eigenvalue weighted by atomic mass is 9.83. The van der Waals surface area contributed by atoms with Crippen LogP contribution in [0, 0.1) is 0 Å². The third-order valence-electron chi connectivity index (χ3n) is 3.49. The number of benzene rings is 1. The van der Waals surface area contributed by atoms with Crippen LogP contribution in [0.1, 0.15) is 38.2 Å². The van der Waals surface area contributed by atoms with Crippen LogP contribution in [0.3, 0.4) is 0 Å². The van der Waals surface area contributed by atoms with Gasteiger partial charge in [-0.05, 0) is 38.2 Å². The number of ether oxygens (including phenoxy) is 1. The summed E-state index contributed by atoms with van der Waals surface area (Å²) in [6.07, 6.45) is 2.80. The second-order valence-electron chi connectivity index (χ2n) is 5.50. The van der Waals surface area contributed by atoms with E-state index in [9.17, 15) is 9.90 Å². The SMILES string of the molecule is C[C@]1(O)CCC[C@@H](NC(=O)OCc2ccccc2)C1. The van der Waals surface area contributed by atoms with Gasteiger partial charge in [0.2, 0.25) is 0 Å². The Morgan fingerprint density at radius 3 is 2.89 bits per heavy atom. The molecule has 1 amide bonds. The largest absolute Gasteiger partial charge is 0.445 e. The number of rotatable bonds is 3. The molecule has 0 radical (unpaired) electrons. The van der Waals surface area contributed by atoms with Gasteiger partial charge in [0.15, 0.2) is 0 Å². The Labute approximate surface area is 113 Å². The molecule has 1 saturated carbocycles. The minimum atomic E-state index is -0.671. The number of hydrogen-bond donors (Lipinski definition) is 2. The zero-order valence-electron chi connectivity index (χ0n) is 11.3. The maximum Gasteiger partial charge on any atom is 0.407 e. The third kappa shape index (κ3) is 4.56. The van der Waals surface area contributed by atoms with Crippen molar-refractivity contribution in [1.29, 1.82) is 0 Å². The van der Waals surface area contributed by atoms with Gasteiger partial charge in [-0.3, -0.25) is 0 Å². The van der Waals surface area contributed by atoms with Crippen molar-refractivity contribution in [3.05, 3.63) is 35.9 Å². The van der Waals surface area contributed by atoms with Gasteiger partial charge in [-0.15, -0.1) is 0 Å². The second-order valence-corrected chi connectivity index (χ2v) is 5.50. The van der Waals surface area contributed by atoms with Crippen LogP contribution in [0.15, 0.2) is 30.3 Å². The van der Waals surface area contributed by atoms with Crippen molar-refractivity contribution in [2.24, 2.45) is 0 Å². The molecular weight excluding hydrogens is 242 g/mol. The van der Waals surface area contributed by atoms with Crippen LogP contribution in [0.25, 0.3) is 0 Å². The van der Waals surface area contributed by atoms with Crippen molar-refractivity contribution in [3.63, 3.8) is 0 Å². The van der Waals surface area contributed by atoms with Crippen LogP contribution in [0.4, 0.5) is 4.79 Å². The van der Waals surface area contributed by atoms with Crippen molar-refractivity contribution >= 4 is 6.09 Å². The first kappa shape index (κ1) is 13.9. The molecule has 1 aromatic rings. The van der Waals surface area contributed by atoms with Crippen molar-refractivity contribution in [2.75, 3.05) is 0 Å². The van der Waals surface area contributed by atoms with Gasteiger partial charge >= 0.3 is 6.09 Å². The molecule has 2 N–H and O–H groups in total. The van der Waals surface area contributed by atoms with Crippen molar-refractivity contribution in [2.45, 2.75) is 50.9 Å². The zero-order valence-corrected chi connectivity index (χ0v) is 11.3. The maximum atomic E-state index is 11.7. The number of aliphatic hydroxyl groups is 1. The fourth-order valence-electron chi connectivity index (χ4n) is 2.52. The maximum absolute atomic E-state index is 11.7. The van der Waals surface area contributed by atoms with Gasteiger partial charge in [0.25, 0.3) is 0 Å². The Hall–Kier alpha value is -1.55. The lowest BCUT2D eigenvalue weighted by Crippen LogP contribution is -2.44. The number of hydrogen-bond acceptors (Lipinski definition) is 3. The van der Waals surface area contributed by atoms with Crippen LogP contribution >= 0.6 is 0 Å². The summed E-state index contributed by atoms with van der Waals surface area (Å²) >= 11 is 0. The average molecular weight is 263 g/mol. The molecule has 1 aliphatic rings. The van der Waals surface area contributed by atoms with E-state index in [1.54, 1.807) is 0 Å². The predicted molar refractivity (Wildman–Crippen MR) is 72.6 cm³/mol. The molecule has 0 saturated heterocycles. The molecule has 0 heterocycles. The summed E-state index contributed by atoms with van der Waals surface area (Å²) in [5.74, 6) is 0. The van der Waals surface area contributed by atoms with Crippen molar-refractivity contribution in [1.82, 2.24) is 5.32 Å². The first-order chi connectivity index (χ1) is 9.05. The number of carbonyl (C=O) groups excluding carboxylic acids is 1. The summed E-state index contributed by atoms with van der Waals surface area (Å²) in [5.41, 5.74) is 0.295. The molecule has 0 aromatic heterocycles. The molecule has 1 fully saturated rings. The van der Waals surface area contributed by atoms with E-state index < -0.39 is 11.7 Å². The summed E-state index contributed by atoms with van der Waals surface area (Å²) in [5, 5.41) is 12.8. The average Bonchev–Trinajstić information content (AvgIpc) is 2.36. The van der Waals surface area contributed by atoms with E-state index in [1.165, 1.54) is 0 Å². The number of carbonyl (C=O) groups is 1. The minimum Gasteiger partial charge on any atom is -0.445 e. The Kier molecular flexibility index (Phi) is 4.43. The molecule has 2 rings (SSSR count). The molecule has 19 heavy (non-hydrogen) atoms. The molecule has 0 spiro atoms. The molecule has 4 heteroatoms. The Morgan fingerprint density at radius 2 is 2.21 bits per heavy atom. The highest BCUT2D eigenvalue weighted by Gasteiger charge is 2.30. The zero-order chi connectivity index (χ0) is 13.7. The molecule has 4 nitrogen and oxygen atoms in total. The second kappa shape index (κ2) is 6.06. The van der Waals surface area contributed by atoms with E-state index >= 15 is 0 Å². The molecule has 1 aliphatic carbocycles. The molecule has 1 aromatic carbocycles. The lowest BCUT2D eigenvalue weighted by Gasteiger charge is -2.33. The minimum absolute atomic E-state index is 0.00650. The van der Waals surface area contributed by atoms with E-state index in [0.717, 1.165) is 24.8 Å². The molecule has 0 unspecified atom stereocenters. The lowest BCUT2D eigenvalue weighted by molar-refractivity contribution is 0.00974. The summed E-state index contributed by atoms with van der Waals surface area (Å²) in [4.78, 5) is 11.7. The van der Waals surface area contributed by atoms with Crippen molar-refractivity contribution < 1.29 is 14.6 Å². The van der Waals surface area contributed by atoms with Gasteiger partial charge in [-0.1, -0.05) is 30.3 Å². The Bertz CT molecular complexity index is 417. The fraction of sp³-hybridized carbons (Fsp3) is 0.533. The van der Waals surface area contributed by atoms with E-state index in [0.29, 0.717) is 6.42 Å². The van der Waals surface area contributed by atoms with E-state index in [1.807, 2.05) is 37.3 Å². The summed E-state index contributed by atoms with van der Waals surface area (Å²) < 4.78 is 5.17. The number of alkyl carbamates (subject to hydrolysis) is 1. The number of nitrogens with one attached hydrogen (secondary N) is 1. The van der Waals surface area contributed by atoms with E-state index in [-0.39, 0.29) is 12.6 Å². The van der Waals surface area contributed by atoms with Gasteiger partial charge in [0, 0.05) is 6.04 Å². The summed E-state index contributed by atoms with van der Waals surface area (Å²) in [6, 6.07) is 9.58. The summed E-state index contributed by atoms with van der Waals surface area (Å²) in [7, 11) is 0. The topological polar surface area (TPSA) is 58.6 Å². The smallest absolute Gasteiger partial charge is 0.407 e. The highest BCUT2D eigenvalue weighted by atomic mass is 16.5. The predicted octanol–water partition coefficient (Wildman–Crippen LogP) is 2.61. The monoisotopic (exact) mass is 263 g/mol. The fourth-order valence-corrected chi connectivity index (χ4v) is 2.52. The Balaban J connectivity index is 1.75. The molecule has 2 atom stereocenters. The van der Waals surface area contributed by atoms with Crippen molar-refractivity contribution in [3.8, 4) is 0 Å². The van der Waals surface area contributed by atoms with Crippen LogP contribution < -0.4 is 5.32 Å². The van der Waals surface area contributed by atoms with Gasteiger partial charge in [-0.25, -0.2) is 4.79 Å². The Morgan fingerprint density at radius 1 is 1.47 bits per heavy atom. The quantitative estimate of drug-likeness (QED) is 0.881. The van der Waals surface area contributed by atoms with E-state index in [2.05, 4.69) is 5.32 Å². The van der Waals surface area contributed by atoms with Gasteiger partial charge in [0.1, 0.15) is 6.61 Å². The third-order valence-corrected chi connectivity index (χ3v) is 3.49. The van der Waals surface area contributed by atoms with Gasteiger partial charge in [0.05, 0.1) is 5.60 Å². The molecule has 0 aliphatic heterocycles. The highest BCUT2D eigenvalue weighted by molar-refractivity contribution is 5.67. The van der Waals surface area contributed by atoms with Gasteiger partial charge < -0.3 is 15.2 Å². The van der Waals surface area contributed by atoms with Crippen LogP contribution in [0.2, 0.25) is 0 Å². The van der Waals surface area contributed by atoms with Gasteiger partial charge in [-0.2, -0.15) is 0 Å². The molecular formula is C15H21NO3. The first-order valence-electron chi connectivity index (χ1n) is 6.75. The first-order valence-corrected chi connectivity index (χ1v) is 6.75. The van der Waals surface area contributed by atoms with Crippen LogP contribution in [0.5, 0.6) is 0 Å². The van der Waals surface area contributed by atoms with Crippen LogP contribution in [-0.4, -0.2) is 22.8 Å². The normalized spacial score (nSPS) is 26.7. The molecule has 0 bridgehead atoms. The molecule has 104 valence electrons.